The fourth-order valence-corrected chi connectivity index (χ4v) is 2.54. The minimum absolute atomic E-state index is 0.0850. The topological polar surface area (TPSA) is 50.4 Å². The first-order chi connectivity index (χ1) is 9.15. The summed E-state index contributed by atoms with van der Waals surface area (Å²) in [6.07, 6.45) is 2.18. The molecule has 4 nitrogen and oxygen atoms in total. The largest absolute Gasteiger partial charge is 0.368 e. The third-order valence-electron chi connectivity index (χ3n) is 3.19. The summed E-state index contributed by atoms with van der Waals surface area (Å²) in [7, 11) is 0. The van der Waals surface area contributed by atoms with Crippen molar-refractivity contribution < 1.29 is 9.53 Å². The number of hydrogen-bond donors (Lipinski definition) is 2. The average molecular weight is 374 g/mol. The lowest BCUT2D eigenvalue weighted by Gasteiger charge is -2.22. The van der Waals surface area contributed by atoms with E-state index in [1.54, 1.807) is 0 Å². The number of hydrogen-bond acceptors (Lipinski definition) is 3. The molecule has 0 bridgehead atoms. The van der Waals surface area contributed by atoms with Crippen molar-refractivity contribution in [1.29, 1.82) is 0 Å². The van der Waals surface area contributed by atoms with E-state index in [0.717, 1.165) is 35.2 Å². The zero-order valence-electron chi connectivity index (χ0n) is 11.0. The number of rotatable bonds is 4. The summed E-state index contributed by atoms with van der Waals surface area (Å²) in [5.74, 6) is -0.0850. The summed E-state index contributed by atoms with van der Waals surface area (Å²) < 4.78 is 6.76. The van der Waals surface area contributed by atoms with Gasteiger partial charge in [-0.15, -0.1) is 0 Å². The molecule has 2 N–H and O–H groups in total. The van der Waals surface area contributed by atoms with Gasteiger partial charge in [0, 0.05) is 9.26 Å². The molecule has 0 aliphatic carbocycles. The van der Waals surface area contributed by atoms with Crippen molar-refractivity contribution in [2.24, 2.45) is 0 Å². The molecular weight excluding hydrogens is 355 g/mol. The van der Waals surface area contributed by atoms with Gasteiger partial charge in [-0.05, 0) is 73.1 Å². The van der Waals surface area contributed by atoms with Crippen molar-refractivity contribution in [2.75, 3.05) is 25.0 Å². The van der Waals surface area contributed by atoms with Gasteiger partial charge in [0.05, 0.1) is 6.10 Å². The van der Waals surface area contributed by atoms with Gasteiger partial charge in [0.1, 0.15) is 6.61 Å². The predicted octanol–water partition coefficient (Wildman–Crippen LogP) is 2.31. The second-order valence-electron chi connectivity index (χ2n) is 4.77. The highest BCUT2D eigenvalue weighted by Gasteiger charge is 2.14. The molecule has 1 amide bonds. The Morgan fingerprint density at radius 1 is 1.47 bits per heavy atom. The van der Waals surface area contributed by atoms with Crippen LogP contribution in [0.2, 0.25) is 0 Å². The molecule has 2 rings (SSSR count). The van der Waals surface area contributed by atoms with Crippen LogP contribution in [0.15, 0.2) is 18.2 Å². The summed E-state index contributed by atoms with van der Waals surface area (Å²) >= 11 is 2.26. The van der Waals surface area contributed by atoms with Crippen molar-refractivity contribution in [2.45, 2.75) is 25.9 Å². The molecule has 1 saturated heterocycles. The van der Waals surface area contributed by atoms with Gasteiger partial charge in [-0.3, -0.25) is 4.79 Å². The number of anilines is 1. The molecule has 1 heterocycles. The number of piperidine rings is 1. The van der Waals surface area contributed by atoms with E-state index in [0.29, 0.717) is 0 Å². The fraction of sp³-hybridized carbons (Fsp3) is 0.500. The highest BCUT2D eigenvalue weighted by atomic mass is 127. The molecule has 0 spiro atoms. The second-order valence-corrected chi connectivity index (χ2v) is 5.93. The Hall–Kier alpha value is -0.660. The van der Waals surface area contributed by atoms with Crippen LogP contribution in [0, 0.1) is 10.5 Å². The summed E-state index contributed by atoms with van der Waals surface area (Å²) in [5, 5.41) is 6.14. The summed E-state index contributed by atoms with van der Waals surface area (Å²) in [6, 6.07) is 5.89. The molecule has 19 heavy (non-hydrogen) atoms. The van der Waals surface area contributed by atoms with Crippen LogP contribution >= 0.6 is 22.6 Å². The van der Waals surface area contributed by atoms with Crippen LogP contribution < -0.4 is 10.6 Å². The number of benzene rings is 1. The Morgan fingerprint density at radius 2 is 2.21 bits per heavy atom. The highest BCUT2D eigenvalue weighted by molar-refractivity contribution is 14.1. The van der Waals surface area contributed by atoms with E-state index in [9.17, 15) is 4.79 Å². The lowest BCUT2D eigenvalue weighted by atomic mass is 10.1. The summed E-state index contributed by atoms with van der Waals surface area (Å²) in [6.45, 7) is 4.13. The van der Waals surface area contributed by atoms with E-state index in [1.807, 2.05) is 25.1 Å². The van der Waals surface area contributed by atoms with Crippen molar-refractivity contribution >= 4 is 34.2 Å². The molecule has 1 fully saturated rings. The second kappa shape index (κ2) is 7.21. The maximum atomic E-state index is 11.8. The molecule has 104 valence electrons. The predicted molar refractivity (Wildman–Crippen MR) is 84.4 cm³/mol. The van der Waals surface area contributed by atoms with Crippen molar-refractivity contribution in [3.63, 3.8) is 0 Å². The number of amides is 1. The van der Waals surface area contributed by atoms with E-state index in [1.165, 1.54) is 5.56 Å². The lowest BCUT2D eigenvalue weighted by molar-refractivity contribution is -0.123. The minimum atomic E-state index is -0.0850. The first-order valence-electron chi connectivity index (χ1n) is 6.53. The number of aryl methyl sites for hydroxylation is 1. The number of nitrogens with one attached hydrogen (secondary N) is 2. The zero-order chi connectivity index (χ0) is 13.7. The van der Waals surface area contributed by atoms with Crippen LogP contribution in [0.4, 0.5) is 5.69 Å². The maximum Gasteiger partial charge on any atom is 0.250 e. The van der Waals surface area contributed by atoms with Crippen LogP contribution in [-0.2, 0) is 9.53 Å². The molecule has 1 aromatic carbocycles. The third-order valence-corrected chi connectivity index (χ3v) is 4.35. The van der Waals surface area contributed by atoms with Gasteiger partial charge in [-0.25, -0.2) is 0 Å². The quantitative estimate of drug-likeness (QED) is 0.796. The van der Waals surface area contributed by atoms with Crippen LogP contribution in [0.25, 0.3) is 0 Å². The normalized spacial score (nSPS) is 16.3. The number of carbonyl (C=O) groups is 1. The Kier molecular flexibility index (Phi) is 5.59. The number of ether oxygens (including phenoxy) is 1. The summed E-state index contributed by atoms with van der Waals surface area (Å²) in [5.41, 5.74) is 2.04. The third kappa shape index (κ3) is 4.74. The molecule has 0 aromatic heterocycles. The molecule has 1 aliphatic rings. The lowest BCUT2D eigenvalue weighted by Crippen LogP contribution is -2.34. The van der Waals surface area contributed by atoms with Crippen LogP contribution in [0.3, 0.4) is 0 Å². The Bertz CT molecular complexity index is 445. The van der Waals surface area contributed by atoms with Gasteiger partial charge >= 0.3 is 0 Å². The Labute approximate surface area is 127 Å². The molecule has 0 saturated carbocycles. The first kappa shape index (κ1) is 14.7. The van der Waals surface area contributed by atoms with Gasteiger partial charge in [-0.2, -0.15) is 0 Å². The zero-order valence-corrected chi connectivity index (χ0v) is 13.2. The molecular formula is C14H19IN2O2. The Balaban J connectivity index is 1.78. The number of halogens is 1. The van der Waals surface area contributed by atoms with E-state index in [4.69, 9.17) is 4.74 Å². The monoisotopic (exact) mass is 374 g/mol. The molecule has 1 aliphatic heterocycles. The van der Waals surface area contributed by atoms with Crippen molar-refractivity contribution in [3.8, 4) is 0 Å². The van der Waals surface area contributed by atoms with Crippen LogP contribution in [0.5, 0.6) is 0 Å². The van der Waals surface area contributed by atoms with Crippen molar-refractivity contribution in [1.82, 2.24) is 5.32 Å². The average Bonchev–Trinajstić information content (AvgIpc) is 2.42. The van der Waals surface area contributed by atoms with Crippen LogP contribution in [-0.4, -0.2) is 31.7 Å². The molecule has 0 radical (unpaired) electrons. The maximum absolute atomic E-state index is 11.8. The SMILES string of the molecule is Cc1ccc(NC(=O)COC2CCNCC2)cc1I. The van der Waals surface area contributed by atoms with E-state index in [2.05, 4.69) is 33.2 Å². The van der Waals surface area contributed by atoms with Gasteiger partial charge in [0.15, 0.2) is 0 Å². The Morgan fingerprint density at radius 3 is 2.89 bits per heavy atom. The summed E-state index contributed by atoms with van der Waals surface area (Å²) in [4.78, 5) is 11.8. The van der Waals surface area contributed by atoms with Gasteiger partial charge in [0.25, 0.3) is 0 Å². The molecule has 0 unspecified atom stereocenters. The molecule has 0 atom stereocenters. The molecule has 5 heteroatoms. The van der Waals surface area contributed by atoms with E-state index < -0.39 is 0 Å². The van der Waals surface area contributed by atoms with Crippen LogP contribution in [0.1, 0.15) is 18.4 Å². The van der Waals surface area contributed by atoms with E-state index >= 15 is 0 Å². The first-order valence-corrected chi connectivity index (χ1v) is 7.61. The van der Waals surface area contributed by atoms with Gasteiger partial charge in [0.2, 0.25) is 5.91 Å². The standard InChI is InChI=1S/C14H19IN2O2/c1-10-2-3-11(8-13(10)15)17-14(18)9-19-12-4-6-16-7-5-12/h2-3,8,12,16H,4-7,9H2,1H3,(H,17,18). The fourth-order valence-electron chi connectivity index (χ4n) is 2.02. The number of carbonyl (C=O) groups excluding carboxylic acids is 1. The van der Waals surface area contributed by atoms with E-state index in [-0.39, 0.29) is 18.6 Å². The minimum Gasteiger partial charge on any atom is -0.368 e. The smallest absolute Gasteiger partial charge is 0.250 e. The van der Waals surface area contributed by atoms with Gasteiger partial charge < -0.3 is 15.4 Å². The van der Waals surface area contributed by atoms with Gasteiger partial charge in [-0.1, -0.05) is 6.07 Å². The highest BCUT2D eigenvalue weighted by Crippen LogP contribution is 2.17. The molecule has 1 aromatic rings. The van der Waals surface area contributed by atoms with Crippen molar-refractivity contribution in [3.05, 3.63) is 27.3 Å².